The van der Waals surface area contributed by atoms with Gasteiger partial charge in [-0.05, 0) is 26.3 Å². The number of piperazine rings is 1. The van der Waals surface area contributed by atoms with Gasteiger partial charge in [-0.2, -0.15) is 0 Å². The highest BCUT2D eigenvalue weighted by Crippen LogP contribution is 2.51. The number of nitrogens with zero attached hydrogens (tertiary/aromatic N) is 3. The molecule has 4 rings (SSSR count). The number of rotatable bonds is 7. The van der Waals surface area contributed by atoms with Gasteiger partial charge in [0.05, 0.1) is 0 Å². The highest BCUT2D eigenvalue weighted by atomic mass is 35.5. The monoisotopic (exact) mass is 565 g/mol. The highest BCUT2D eigenvalue weighted by molar-refractivity contribution is 8.01. The fourth-order valence-electron chi connectivity index (χ4n) is 4.81. The van der Waals surface area contributed by atoms with Crippen LogP contribution in [0.15, 0.2) is 30.3 Å². The van der Waals surface area contributed by atoms with E-state index in [-0.39, 0.29) is 19.2 Å². The Morgan fingerprint density at radius 3 is 2.45 bits per heavy atom. The number of halogens is 1. The first-order valence-electron chi connectivity index (χ1n) is 12.0. The van der Waals surface area contributed by atoms with Crippen LogP contribution in [0.2, 0.25) is 0 Å². The zero-order valence-corrected chi connectivity index (χ0v) is 22.6. The van der Waals surface area contributed by atoms with Gasteiger partial charge < -0.3 is 25.2 Å². The summed E-state index contributed by atoms with van der Waals surface area (Å²) in [6, 6.07) is 4.01. The van der Waals surface area contributed by atoms with E-state index in [1.807, 2.05) is 0 Å². The molecule has 2 N–H and O–H groups in total. The molecule has 0 aliphatic carbocycles. The average molecular weight is 566 g/mol. The third kappa shape index (κ3) is 4.92. The van der Waals surface area contributed by atoms with Crippen molar-refractivity contribution in [3.63, 3.8) is 0 Å². The number of nitrogens with one attached hydrogen (secondary N) is 2. The first-order valence-corrected chi connectivity index (χ1v) is 13.4. The number of alkyl halides is 1. The smallest absolute Gasteiger partial charge is 0.331 e. The summed E-state index contributed by atoms with van der Waals surface area (Å²) in [5.41, 5.74) is 0.413. The molecule has 12 nitrogen and oxygen atoms in total. The van der Waals surface area contributed by atoms with E-state index in [9.17, 15) is 28.8 Å². The van der Waals surface area contributed by atoms with Gasteiger partial charge in [0, 0.05) is 24.4 Å². The molecule has 1 aromatic carbocycles. The summed E-state index contributed by atoms with van der Waals surface area (Å²) in [4.78, 5) is 80.2. The summed E-state index contributed by atoms with van der Waals surface area (Å²) < 4.78 is 4.24. The van der Waals surface area contributed by atoms with Crippen molar-refractivity contribution in [1.29, 1.82) is 0 Å². The minimum atomic E-state index is -1.26. The summed E-state index contributed by atoms with van der Waals surface area (Å²) in [6.45, 7) is 5.83. The molecular formula is C24H28ClN5O7S. The van der Waals surface area contributed by atoms with E-state index in [4.69, 9.17) is 16.3 Å². The second kappa shape index (κ2) is 10.8. The Hall–Kier alpha value is -3.32. The topological polar surface area (TPSA) is 145 Å². The van der Waals surface area contributed by atoms with E-state index in [0.717, 1.165) is 4.90 Å². The van der Waals surface area contributed by atoms with E-state index in [1.54, 1.807) is 51.1 Å². The maximum absolute atomic E-state index is 13.4. The molecule has 3 saturated heterocycles. The van der Waals surface area contributed by atoms with Crippen molar-refractivity contribution in [3.8, 4) is 0 Å². The summed E-state index contributed by atoms with van der Waals surface area (Å²) in [6.07, 6.45) is 0. The van der Waals surface area contributed by atoms with Crippen LogP contribution in [-0.2, 0) is 28.7 Å². The van der Waals surface area contributed by atoms with Crippen LogP contribution in [0.25, 0.3) is 0 Å². The Bertz CT molecular complexity index is 1170. The van der Waals surface area contributed by atoms with E-state index in [1.165, 1.54) is 21.6 Å². The normalized spacial score (nSPS) is 24.9. The molecule has 4 atom stereocenters. The minimum absolute atomic E-state index is 0.0168. The minimum Gasteiger partial charge on any atom is -0.448 e. The number of amides is 6. The maximum atomic E-state index is 13.4. The van der Waals surface area contributed by atoms with Gasteiger partial charge >= 0.3 is 23.8 Å². The van der Waals surface area contributed by atoms with Crippen LogP contribution in [0.4, 0.5) is 4.79 Å². The number of hydrogen-bond donors (Lipinski definition) is 2. The zero-order chi connectivity index (χ0) is 27.8. The number of ether oxygens (including phenoxy) is 1. The van der Waals surface area contributed by atoms with Gasteiger partial charge in [0.2, 0.25) is 11.8 Å². The lowest BCUT2D eigenvalue weighted by Gasteiger charge is -2.44. The number of β-lactam (4-membered cyclic amide) rings is 1. The molecule has 6 amide bonds. The number of esters is 1. The summed E-state index contributed by atoms with van der Waals surface area (Å²) in [5, 5.41) is 4.70. The van der Waals surface area contributed by atoms with Crippen LogP contribution in [0, 0.1) is 0 Å². The molecule has 3 aliphatic heterocycles. The largest absolute Gasteiger partial charge is 0.448 e. The Morgan fingerprint density at radius 1 is 1.13 bits per heavy atom. The number of benzene rings is 1. The SMILES string of the molecule is CCN1CCN(C(=O)N[C@@H](C(=O)NC2C(=O)N3[C@@H]2SC(C)(C)[C@@H]3C(=O)OCCl)c2ccccc2)C(=O)C1=O. The summed E-state index contributed by atoms with van der Waals surface area (Å²) in [5.74, 6) is -3.55. The van der Waals surface area contributed by atoms with Crippen molar-refractivity contribution in [1.82, 2.24) is 25.3 Å². The second-order valence-electron chi connectivity index (χ2n) is 9.45. The second-order valence-corrected chi connectivity index (χ2v) is 11.4. The predicted octanol–water partition coefficient (Wildman–Crippen LogP) is 0.415. The van der Waals surface area contributed by atoms with E-state index in [2.05, 4.69) is 10.6 Å². The lowest BCUT2D eigenvalue weighted by molar-refractivity contribution is -0.163. The number of carbonyl (C=O) groups excluding carboxylic acids is 6. The van der Waals surface area contributed by atoms with E-state index >= 15 is 0 Å². The number of likely N-dealkylation sites (N-methyl/N-ethyl adjacent to an activating group) is 1. The van der Waals surface area contributed by atoms with Gasteiger partial charge in [0.1, 0.15) is 23.5 Å². The number of thioether (sulfide) groups is 1. The molecule has 0 radical (unpaired) electrons. The van der Waals surface area contributed by atoms with Crippen molar-refractivity contribution in [2.45, 2.75) is 49.0 Å². The lowest BCUT2D eigenvalue weighted by atomic mass is 9.95. The molecular weight excluding hydrogens is 538 g/mol. The van der Waals surface area contributed by atoms with Crippen LogP contribution >= 0.6 is 23.4 Å². The molecule has 1 aromatic rings. The quantitative estimate of drug-likeness (QED) is 0.209. The van der Waals surface area contributed by atoms with Crippen molar-refractivity contribution < 1.29 is 33.5 Å². The molecule has 0 bridgehead atoms. The van der Waals surface area contributed by atoms with Crippen LogP contribution in [0.3, 0.4) is 0 Å². The first kappa shape index (κ1) is 27.7. The zero-order valence-electron chi connectivity index (χ0n) is 21.0. The Kier molecular flexibility index (Phi) is 7.88. The van der Waals surface area contributed by atoms with Gasteiger partial charge in [-0.1, -0.05) is 41.9 Å². The molecule has 0 aromatic heterocycles. The van der Waals surface area contributed by atoms with Gasteiger partial charge in [0.15, 0.2) is 6.07 Å². The number of imide groups is 1. The standard InChI is InChI=1S/C24H28ClN5O7S/c1-4-28-10-11-29(20(34)19(28)33)23(36)27-14(13-8-6-5-7-9-13)17(31)26-15-18(32)30-16(22(35)37-12-25)24(2,3)38-21(15)30/h5-9,14-16,21H,4,10-12H2,1-3H3,(H,26,31)(H,27,36)/t14-,15?,16+,21-/m1/s1. The molecule has 3 aliphatic rings. The van der Waals surface area contributed by atoms with Gasteiger partial charge in [0.25, 0.3) is 0 Å². The van der Waals surface area contributed by atoms with Crippen molar-refractivity contribution in [2.24, 2.45) is 0 Å². The third-order valence-corrected chi connectivity index (χ3v) is 8.44. The molecule has 38 heavy (non-hydrogen) atoms. The van der Waals surface area contributed by atoms with Gasteiger partial charge in [-0.15, -0.1) is 11.8 Å². The maximum Gasteiger partial charge on any atom is 0.331 e. The molecule has 1 unspecified atom stereocenters. The van der Waals surface area contributed by atoms with Crippen LogP contribution in [0.1, 0.15) is 32.4 Å². The van der Waals surface area contributed by atoms with Crippen LogP contribution < -0.4 is 10.6 Å². The van der Waals surface area contributed by atoms with Gasteiger partial charge in [-0.25, -0.2) is 9.59 Å². The first-order chi connectivity index (χ1) is 18.0. The lowest BCUT2D eigenvalue weighted by Crippen LogP contribution is -2.71. The third-order valence-electron chi connectivity index (χ3n) is 6.76. The van der Waals surface area contributed by atoms with Gasteiger partial charge in [-0.3, -0.25) is 24.1 Å². The Balaban J connectivity index is 1.50. The van der Waals surface area contributed by atoms with E-state index < -0.39 is 63.9 Å². The van der Waals surface area contributed by atoms with Crippen LogP contribution in [-0.4, -0.2) is 98.2 Å². The molecule has 0 saturated carbocycles. The Morgan fingerprint density at radius 2 is 1.82 bits per heavy atom. The summed E-state index contributed by atoms with van der Waals surface area (Å²) in [7, 11) is 0. The predicted molar refractivity (Wildman–Crippen MR) is 137 cm³/mol. The number of hydrogen-bond acceptors (Lipinski definition) is 8. The average Bonchev–Trinajstić information content (AvgIpc) is 3.15. The molecule has 0 spiro atoms. The number of carbonyl (C=O) groups is 6. The summed E-state index contributed by atoms with van der Waals surface area (Å²) >= 11 is 6.88. The van der Waals surface area contributed by atoms with Crippen LogP contribution in [0.5, 0.6) is 0 Å². The molecule has 3 fully saturated rings. The molecule has 14 heteroatoms. The van der Waals surface area contributed by atoms with Crippen molar-refractivity contribution in [2.75, 3.05) is 25.7 Å². The number of urea groups is 1. The molecule has 204 valence electrons. The van der Waals surface area contributed by atoms with E-state index in [0.29, 0.717) is 12.1 Å². The number of fused-ring (bicyclic) bond motifs is 1. The molecule has 3 heterocycles. The Labute approximate surface area is 228 Å². The fraction of sp³-hybridized carbons (Fsp3) is 0.500. The van der Waals surface area contributed by atoms with Crippen molar-refractivity contribution in [3.05, 3.63) is 35.9 Å². The highest BCUT2D eigenvalue weighted by Gasteiger charge is 2.64. The fourth-order valence-corrected chi connectivity index (χ4v) is 6.54. The van der Waals surface area contributed by atoms with Crippen molar-refractivity contribution >= 4 is 59.0 Å².